The Labute approximate surface area is 124 Å². The number of hydrogen-bond acceptors (Lipinski definition) is 1. The van der Waals surface area contributed by atoms with Crippen molar-refractivity contribution in [3.05, 3.63) is 68.0 Å². The van der Waals surface area contributed by atoms with E-state index in [-0.39, 0.29) is 11.9 Å². The second-order valence-corrected chi connectivity index (χ2v) is 5.78. The third kappa shape index (κ3) is 3.43. The molecule has 2 aromatic rings. The molecule has 0 saturated heterocycles. The molecule has 2 rings (SSSR count). The summed E-state index contributed by atoms with van der Waals surface area (Å²) in [6, 6.07) is 12.2. The smallest absolute Gasteiger partial charge is 0.126 e. The molecule has 2 N–H and O–H groups in total. The van der Waals surface area contributed by atoms with Crippen LogP contribution in [0.4, 0.5) is 4.39 Å². The SMILES string of the molecule is NC(Cc1cc(Cl)ccc1F)c1cccc(I)c1. The van der Waals surface area contributed by atoms with Crippen LogP contribution in [-0.4, -0.2) is 0 Å². The summed E-state index contributed by atoms with van der Waals surface area (Å²) in [6.45, 7) is 0. The fraction of sp³-hybridized carbons (Fsp3) is 0.143. The van der Waals surface area contributed by atoms with Gasteiger partial charge >= 0.3 is 0 Å². The Kier molecular flexibility index (Phi) is 4.59. The van der Waals surface area contributed by atoms with E-state index in [1.807, 2.05) is 24.3 Å². The van der Waals surface area contributed by atoms with Gasteiger partial charge in [0.15, 0.2) is 0 Å². The van der Waals surface area contributed by atoms with Gasteiger partial charge in [-0.15, -0.1) is 0 Å². The van der Waals surface area contributed by atoms with Gasteiger partial charge in [-0.1, -0.05) is 23.7 Å². The minimum Gasteiger partial charge on any atom is -0.324 e. The van der Waals surface area contributed by atoms with Crippen molar-refractivity contribution in [1.29, 1.82) is 0 Å². The van der Waals surface area contributed by atoms with Crippen LogP contribution in [-0.2, 0) is 6.42 Å². The topological polar surface area (TPSA) is 26.0 Å². The Morgan fingerprint density at radius 3 is 2.72 bits per heavy atom. The summed E-state index contributed by atoms with van der Waals surface area (Å²) in [7, 11) is 0. The fourth-order valence-electron chi connectivity index (χ4n) is 1.79. The molecule has 1 unspecified atom stereocenters. The van der Waals surface area contributed by atoms with E-state index in [0.717, 1.165) is 9.13 Å². The third-order valence-corrected chi connectivity index (χ3v) is 3.63. The predicted octanol–water partition coefficient (Wildman–Crippen LogP) is 4.33. The predicted molar refractivity (Wildman–Crippen MR) is 81.2 cm³/mol. The van der Waals surface area contributed by atoms with Crippen molar-refractivity contribution in [2.75, 3.05) is 0 Å². The molecule has 0 spiro atoms. The molecule has 1 atom stereocenters. The zero-order chi connectivity index (χ0) is 13.1. The average molecular weight is 376 g/mol. The van der Waals surface area contributed by atoms with E-state index in [1.165, 1.54) is 12.1 Å². The molecule has 2 aromatic carbocycles. The lowest BCUT2D eigenvalue weighted by atomic mass is 9.99. The van der Waals surface area contributed by atoms with Crippen molar-refractivity contribution in [3.63, 3.8) is 0 Å². The van der Waals surface area contributed by atoms with Crippen LogP contribution in [0.25, 0.3) is 0 Å². The molecule has 18 heavy (non-hydrogen) atoms. The van der Waals surface area contributed by atoms with Crippen molar-refractivity contribution in [3.8, 4) is 0 Å². The lowest BCUT2D eigenvalue weighted by molar-refractivity contribution is 0.593. The van der Waals surface area contributed by atoms with Crippen LogP contribution < -0.4 is 5.73 Å². The largest absolute Gasteiger partial charge is 0.324 e. The lowest BCUT2D eigenvalue weighted by Gasteiger charge is -2.13. The summed E-state index contributed by atoms with van der Waals surface area (Å²) in [4.78, 5) is 0. The molecular weight excluding hydrogens is 364 g/mol. The Morgan fingerprint density at radius 1 is 1.22 bits per heavy atom. The number of hydrogen-bond donors (Lipinski definition) is 1. The highest BCUT2D eigenvalue weighted by atomic mass is 127. The molecule has 0 fully saturated rings. The third-order valence-electron chi connectivity index (χ3n) is 2.72. The van der Waals surface area contributed by atoms with Crippen LogP contribution in [0.5, 0.6) is 0 Å². The summed E-state index contributed by atoms with van der Waals surface area (Å²) in [5.74, 6) is -0.263. The van der Waals surface area contributed by atoms with Crippen molar-refractivity contribution in [2.24, 2.45) is 5.73 Å². The molecule has 0 aliphatic heterocycles. The first-order chi connectivity index (χ1) is 8.56. The molecule has 94 valence electrons. The first kappa shape index (κ1) is 13.8. The summed E-state index contributed by atoms with van der Waals surface area (Å²) in [5, 5.41) is 0.529. The number of rotatable bonds is 3. The second kappa shape index (κ2) is 5.99. The highest BCUT2D eigenvalue weighted by Gasteiger charge is 2.11. The standard InChI is InChI=1S/C14H12ClFIN/c15-11-4-5-13(16)10(6-11)8-14(18)9-2-1-3-12(17)7-9/h1-7,14H,8,18H2. The molecule has 0 bridgehead atoms. The minimum absolute atomic E-state index is 0.229. The molecule has 0 aliphatic rings. The van der Waals surface area contributed by atoms with Gasteiger partial charge in [-0.3, -0.25) is 0 Å². The van der Waals surface area contributed by atoms with Gasteiger partial charge in [-0.25, -0.2) is 4.39 Å². The van der Waals surface area contributed by atoms with E-state index < -0.39 is 0 Å². The quantitative estimate of drug-likeness (QED) is 0.794. The Hall–Kier alpha value is -0.650. The maximum absolute atomic E-state index is 13.6. The summed E-state index contributed by atoms with van der Waals surface area (Å²) >= 11 is 8.09. The van der Waals surface area contributed by atoms with E-state index in [9.17, 15) is 4.39 Å². The van der Waals surface area contributed by atoms with Crippen LogP contribution in [0, 0.1) is 9.39 Å². The van der Waals surface area contributed by atoms with Gasteiger partial charge in [-0.05, 0) is 70.5 Å². The molecular formula is C14H12ClFIN. The van der Waals surface area contributed by atoms with Gasteiger partial charge in [0.2, 0.25) is 0 Å². The zero-order valence-corrected chi connectivity index (χ0v) is 12.5. The van der Waals surface area contributed by atoms with Crippen LogP contribution >= 0.6 is 34.2 Å². The maximum atomic E-state index is 13.6. The van der Waals surface area contributed by atoms with Gasteiger partial charge in [-0.2, -0.15) is 0 Å². The van der Waals surface area contributed by atoms with Gasteiger partial charge in [0.25, 0.3) is 0 Å². The van der Waals surface area contributed by atoms with E-state index >= 15 is 0 Å². The number of halogens is 3. The highest BCUT2D eigenvalue weighted by Crippen LogP contribution is 2.22. The normalized spacial score (nSPS) is 12.4. The van der Waals surface area contributed by atoms with Gasteiger partial charge in [0.05, 0.1) is 0 Å². The molecule has 0 heterocycles. The van der Waals surface area contributed by atoms with E-state index in [0.29, 0.717) is 17.0 Å². The fourth-order valence-corrected chi connectivity index (χ4v) is 2.55. The molecule has 0 saturated carbocycles. The average Bonchev–Trinajstić information content (AvgIpc) is 2.34. The van der Waals surface area contributed by atoms with E-state index in [2.05, 4.69) is 22.6 Å². The molecule has 0 radical (unpaired) electrons. The first-order valence-electron chi connectivity index (χ1n) is 5.51. The minimum atomic E-state index is -0.263. The Bertz CT molecular complexity index is 559. The maximum Gasteiger partial charge on any atom is 0.126 e. The highest BCUT2D eigenvalue weighted by molar-refractivity contribution is 14.1. The van der Waals surface area contributed by atoms with Crippen molar-refractivity contribution < 1.29 is 4.39 Å². The Morgan fingerprint density at radius 2 is 2.00 bits per heavy atom. The summed E-state index contributed by atoms with van der Waals surface area (Å²) in [6.07, 6.45) is 0.437. The first-order valence-corrected chi connectivity index (χ1v) is 6.97. The zero-order valence-electron chi connectivity index (χ0n) is 9.54. The molecule has 1 nitrogen and oxygen atoms in total. The van der Waals surface area contributed by atoms with Crippen LogP contribution in [0.1, 0.15) is 17.2 Å². The van der Waals surface area contributed by atoms with Gasteiger partial charge in [0.1, 0.15) is 5.82 Å². The molecule has 0 aliphatic carbocycles. The molecule has 0 aromatic heterocycles. The van der Waals surface area contributed by atoms with E-state index in [1.54, 1.807) is 6.07 Å². The number of nitrogens with two attached hydrogens (primary N) is 1. The lowest BCUT2D eigenvalue weighted by Crippen LogP contribution is -2.14. The van der Waals surface area contributed by atoms with Crippen LogP contribution in [0.3, 0.4) is 0 Å². The van der Waals surface area contributed by atoms with Crippen molar-refractivity contribution in [2.45, 2.75) is 12.5 Å². The van der Waals surface area contributed by atoms with Gasteiger partial charge < -0.3 is 5.73 Å². The van der Waals surface area contributed by atoms with Crippen LogP contribution in [0.2, 0.25) is 5.02 Å². The van der Waals surface area contributed by atoms with Crippen molar-refractivity contribution >= 4 is 34.2 Å². The summed E-state index contributed by atoms with van der Waals surface area (Å²) < 4.78 is 14.7. The Balaban J connectivity index is 2.21. The molecule has 4 heteroatoms. The molecule has 0 amide bonds. The van der Waals surface area contributed by atoms with E-state index in [4.69, 9.17) is 17.3 Å². The summed E-state index contributed by atoms with van der Waals surface area (Å²) in [5.41, 5.74) is 7.65. The number of benzene rings is 2. The van der Waals surface area contributed by atoms with Crippen LogP contribution in [0.15, 0.2) is 42.5 Å². The second-order valence-electron chi connectivity index (χ2n) is 4.10. The van der Waals surface area contributed by atoms with Gasteiger partial charge in [0, 0.05) is 14.6 Å². The monoisotopic (exact) mass is 375 g/mol. The van der Waals surface area contributed by atoms with Crippen molar-refractivity contribution in [1.82, 2.24) is 0 Å².